The van der Waals surface area contributed by atoms with Gasteiger partial charge in [-0.2, -0.15) is 4.98 Å². The average Bonchev–Trinajstić information content (AvgIpc) is 3.42. The number of rotatable bonds is 7. The van der Waals surface area contributed by atoms with Crippen molar-refractivity contribution in [3.63, 3.8) is 0 Å². The Morgan fingerprint density at radius 2 is 2.33 bits per heavy atom. The van der Waals surface area contributed by atoms with E-state index in [1.807, 2.05) is 0 Å². The summed E-state index contributed by atoms with van der Waals surface area (Å²) in [6.07, 6.45) is -6.80. The van der Waals surface area contributed by atoms with Gasteiger partial charge in [0.2, 0.25) is 11.5 Å². The van der Waals surface area contributed by atoms with Gasteiger partial charge in [-0.15, -0.1) is 0 Å². The molecule has 0 unspecified atom stereocenters. The first-order valence-electron chi connectivity index (χ1n) is 15.5. The van der Waals surface area contributed by atoms with E-state index in [0.29, 0.717) is 0 Å². The minimum atomic E-state index is -2.67. The van der Waals surface area contributed by atoms with E-state index < -0.39 is 103 Å². The highest BCUT2D eigenvalue weighted by Gasteiger charge is 2.26. The van der Waals surface area contributed by atoms with Crippen molar-refractivity contribution in [1.82, 2.24) is 15.5 Å². The number of benzene rings is 2. The topological polar surface area (TPSA) is 64.5 Å². The van der Waals surface area contributed by atoms with Crippen LogP contribution in [0.5, 0.6) is 5.75 Å². The first-order chi connectivity index (χ1) is 19.5. The molecule has 1 aliphatic rings. The van der Waals surface area contributed by atoms with Crippen LogP contribution in [0.25, 0.3) is 27.7 Å². The van der Waals surface area contributed by atoms with Gasteiger partial charge in [0.25, 0.3) is 5.89 Å². The van der Waals surface area contributed by atoms with Gasteiger partial charge in [-0.3, -0.25) is 0 Å². The van der Waals surface area contributed by atoms with E-state index in [9.17, 15) is 0 Å². The molecule has 0 bridgehead atoms. The van der Waals surface area contributed by atoms with Gasteiger partial charge in [-0.25, -0.2) is 4.85 Å². The van der Waals surface area contributed by atoms with Crippen LogP contribution in [0.1, 0.15) is 68.6 Å². The SMILES string of the molecule is [2H]c1c([2H])c(-c2noc(-c3c([2H])c([2H])c(OC([2H])(C)C)c([N+]#[C-])c3[2H])n2)c2c(c1[2H])[C@@H](NC([2H])([2H])C([2H])([2H])C)CC2([2H])[2H]. The zero-order chi connectivity index (χ0) is 32.6. The lowest BCUT2D eigenvalue weighted by molar-refractivity contribution is 0.244. The van der Waals surface area contributed by atoms with Gasteiger partial charge in [-0.05, 0) is 68.8 Å². The Balaban J connectivity index is 1.93. The molecule has 6 nitrogen and oxygen atoms in total. The molecule has 30 heavy (non-hydrogen) atoms. The average molecular weight is 416 g/mol. The predicted octanol–water partition coefficient (Wildman–Crippen LogP) is 5.73. The Labute approximate surface area is 195 Å². The number of aromatic nitrogens is 2. The monoisotopic (exact) mass is 415 g/mol. The highest BCUT2D eigenvalue weighted by Crippen LogP contribution is 2.38. The molecule has 0 aliphatic heterocycles. The minimum absolute atomic E-state index is 0.175. The van der Waals surface area contributed by atoms with Crippen molar-refractivity contribution in [3.8, 4) is 28.6 Å². The summed E-state index contributed by atoms with van der Waals surface area (Å²) >= 11 is 0. The highest BCUT2D eigenvalue weighted by atomic mass is 16.5. The molecule has 0 saturated heterocycles. The van der Waals surface area contributed by atoms with Gasteiger partial charge < -0.3 is 14.6 Å². The summed E-state index contributed by atoms with van der Waals surface area (Å²) < 4.78 is 119. The number of hydrogen-bond acceptors (Lipinski definition) is 5. The van der Waals surface area contributed by atoms with E-state index in [2.05, 4.69) is 20.3 Å². The molecular formula is C24H26N4O2. The fourth-order valence-electron chi connectivity index (χ4n) is 2.90. The van der Waals surface area contributed by atoms with Gasteiger partial charge in [0.05, 0.1) is 20.9 Å². The summed E-state index contributed by atoms with van der Waals surface area (Å²) in [5, 5.41) is 6.21. The Hall–Kier alpha value is -3.17. The molecule has 1 heterocycles. The molecule has 1 aromatic heterocycles. The van der Waals surface area contributed by atoms with E-state index in [-0.39, 0.29) is 16.7 Å². The molecule has 0 radical (unpaired) electrons. The number of nitrogens with one attached hydrogen (secondary N) is 1. The smallest absolute Gasteiger partial charge is 0.256 e. The van der Waals surface area contributed by atoms with Crippen LogP contribution < -0.4 is 10.1 Å². The van der Waals surface area contributed by atoms with Crippen LogP contribution in [0, 0.1) is 6.57 Å². The van der Waals surface area contributed by atoms with E-state index in [4.69, 9.17) is 33.7 Å². The van der Waals surface area contributed by atoms with Crippen LogP contribution in [0.2, 0.25) is 0 Å². The summed E-state index contributed by atoms with van der Waals surface area (Å²) in [4.78, 5) is 7.37. The number of ether oxygens (including phenoxy) is 1. The van der Waals surface area contributed by atoms with Crippen LogP contribution in [-0.2, 0) is 6.37 Å². The minimum Gasteiger partial charge on any atom is -0.502 e. The standard InChI is InChI=1S/C24H26N4O2/c1-5-13-26-20-11-10-17-18(20)7-6-8-19(17)23-27-24(30-28-23)16-9-12-22(29-15(2)3)21(14-16)25-4/h6-9,12,14-15,20,26H,5,10-11,13H2,1-3H3/t20-/m0/s1/i5D2,6D,7D,8D,9D,10D2,12D,13D2,14D,15D. The summed E-state index contributed by atoms with van der Waals surface area (Å²) in [6.45, 7) is 8.52. The molecule has 0 saturated carbocycles. The van der Waals surface area contributed by atoms with E-state index >= 15 is 0 Å². The Kier molecular flexibility index (Phi) is 2.82. The first-order valence-corrected chi connectivity index (χ1v) is 9.00. The van der Waals surface area contributed by atoms with Crippen molar-refractivity contribution in [2.75, 3.05) is 6.50 Å². The fraction of sp³-hybridized carbons (Fsp3) is 0.375. The lowest BCUT2D eigenvalue weighted by Gasteiger charge is -2.13. The summed E-state index contributed by atoms with van der Waals surface area (Å²) in [5.74, 6) is -1.43. The lowest BCUT2D eigenvalue weighted by Crippen LogP contribution is -2.19. The molecule has 0 amide bonds. The van der Waals surface area contributed by atoms with Crippen molar-refractivity contribution in [1.29, 1.82) is 0 Å². The molecule has 2 aromatic carbocycles. The summed E-state index contributed by atoms with van der Waals surface area (Å²) in [5.41, 5.74) is -1.74. The molecule has 1 N–H and O–H groups in total. The largest absolute Gasteiger partial charge is 0.502 e. The van der Waals surface area contributed by atoms with Crippen LogP contribution in [0.15, 0.2) is 40.8 Å². The van der Waals surface area contributed by atoms with Crippen LogP contribution in [0.4, 0.5) is 5.69 Å². The van der Waals surface area contributed by atoms with Crippen LogP contribution in [0.3, 0.4) is 0 Å². The summed E-state index contributed by atoms with van der Waals surface area (Å²) in [6, 6.07) is -5.00. The molecule has 0 fully saturated rings. The maximum atomic E-state index is 8.68. The van der Waals surface area contributed by atoms with Gasteiger partial charge in [0, 0.05) is 26.8 Å². The molecule has 1 atom stereocenters. The number of nitrogens with zero attached hydrogens (tertiary/aromatic N) is 3. The van der Waals surface area contributed by atoms with Crippen LogP contribution >= 0.6 is 0 Å². The third-order valence-electron chi connectivity index (χ3n) is 4.15. The zero-order valence-corrected chi connectivity index (χ0v) is 16.4. The fourth-order valence-corrected chi connectivity index (χ4v) is 2.90. The Bertz CT molecular complexity index is 1670. The first kappa shape index (κ1) is 9.76. The normalized spacial score (nSPS) is 24.5. The Morgan fingerprint density at radius 1 is 1.47 bits per heavy atom. The van der Waals surface area contributed by atoms with E-state index in [0.717, 1.165) is 6.92 Å². The van der Waals surface area contributed by atoms with Crippen molar-refractivity contribution < 1.29 is 27.1 Å². The second-order valence-corrected chi connectivity index (χ2v) is 6.46. The van der Waals surface area contributed by atoms with Crippen molar-refractivity contribution >= 4 is 5.69 Å². The quantitative estimate of drug-likeness (QED) is 0.499. The third-order valence-corrected chi connectivity index (χ3v) is 4.15. The second-order valence-electron chi connectivity index (χ2n) is 6.46. The maximum Gasteiger partial charge on any atom is 0.256 e. The second kappa shape index (κ2) is 8.68. The maximum absolute atomic E-state index is 8.68. The molecule has 154 valence electrons. The van der Waals surface area contributed by atoms with E-state index in [1.165, 1.54) is 13.8 Å². The van der Waals surface area contributed by atoms with Crippen LogP contribution in [-0.4, -0.2) is 22.7 Å². The van der Waals surface area contributed by atoms with Crippen molar-refractivity contribution in [2.45, 2.75) is 52.1 Å². The molecule has 1 aliphatic carbocycles. The number of fused-ring (bicyclic) bond motifs is 1. The summed E-state index contributed by atoms with van der Waals surface area (Å²) in [7, 11) is 0. The third kappa shape index (κ3) is 3.94. The van der Waals surface area contributed by atoms with E-state index in [1.54, 1.807) is 0 Å². The number of hydrogen-bond donors (Lipinski definition) is 1. The molecular weight excluding hydrogens is 376 g/mol. The zero-order valence-electron chi connectivity index (χ0n) is 29.4. The Morgan fingerprint density at radius 3 is 3.10 bits per heavy atom. The lowest BCUT2D eigenvalue weighted by atomic mass is 10.0. The molecule has 4 rings (SSSR count). The molecule has 3 aromatic rings. The van der Waals surface area contributed by atoms with Gasteiger partial charge >= 0.3 is 0 Å². The highest BCUT2D eigenvalue weighted by molar-refractivity contribution is 5.70. The predicted molar refractivity (Wildman–Crippen MR) is 117 cm³/mol. The van der Waals surface area contributed by atoms with Crippen molar-refractivity contribution in [3.05, 3.63) is 58.8 Å². The molecule has 0 spiro atoms. The van der Waals surface area contributed by atoms with Gasteiger partial charge in [-0.1, -0.05) is 30.2 Å². The molecule has 6 heteroatoms. The van der Waals surface area contributed by atoms with Crippen molar-refractivity contribution in [2.24, 2.45) is 0 Å². The van der Waals surface area contributed by atoms with Gasteiger partial charge in [0.15, 0.2) is 0 Å². The van der Waals surface area contributed by atoms with Gasteiger partial charge in [0.1, 0.15) is 5.75 Å².